The molecule has 3 nitrogen and oxygen atoms in total. The number of rotatable bonds is 5. The average molecular weight is 566 g/mol. The van der Waals surface area contributed by atoms with Crippen molar-refractivity contribution < 1.29 is 73.3 Å². The summed E-state index contributed by atoms with van der Waals surface area (Å²) in [4.78, 5) is 11.7. The number of carbonyl (C=O) groups is 1. The van der Waals surface area contributed by atoms with E-state index < -0.39 is 63.8 Å². The monoisotopic (exact) mass is 565 g/mol. The zero-order valence-electron chi connectivity index (χ0n) is 16.3. The van der Waals surface area contributed by atoms with E-state index in [1.54, 1.807) is 0 Å². The van der Waals surface area contributed by atoms with Gasteiger partial charge in [0.25, 0.3) is 0 Å². The number of hydrogen-bond acceptors (Lipinski definition) is 3. The number of hydrogen-bond donors (Lipinski definition) is 0. The molecule has 0 amide bonds. The number of allylic oxidation sites excluding steroid dienone is 1. The van der Waals surface area contributed by atoms with Gasteiger partial charge in [-0.2, -0.15) is 0 Å². The second-order valence-electron chi connectivity index (χ2n) is 6.65. The summed E-state index contributed by atoms with van der Waals surface area (Å²) in [6.45, 7) is 0. The Balaban J connectivity index is 2.62. The summed E-state index contributed by atoms with van der Waals surface area (Å²) in [6.07, 6.45) is -16.7. The molecule has 35 heavy (non-hydrogen) atoms. The summed E-state index contributed by atoms with van der Waals surface area (Å²) < 4.78 is 147. The number of Topliss-reactive ketones (excluding diaryl/α,β-unsaturated/α-hetero) is 1. The molecule has 0 aromatic heterocycles. The molecule has 0 N–H and O–H groups in total. The summed E-state index contributed by atoms with van der Waals surface area (Å²) in [5, 5.41) is 8.96. The van der Waals surface area contributed by atoms with Crippen LogP contribution in [0.2, 0.25) is 0 Å². The van der Waals surface area contributed by atoms with Crippen molar-refractivity contribution in [1.82, 2.24) is 0 Å². The van der Waals surface area contributed by atoms with Gasteiger partial charge >= 0.3 is 196 Å². The van der Waals surface area contributed by atoms with Crippen LogP contribution in [-0.4, -0.2) is 17.9 Å². The van der Waals surface area contributed by atoms with Gasteiger partial charge < -0.3 is 0 Å². The molecule has 2 aromatic carbocycles. The van der Waals surface area contributed by atoms with Gasteiger partial charge in [0.05, 0.1) is 0 Å². The fourth-order valence-electron chi connectivity index (χ4n) is 2.64. The van der Waals surface area contributed by atoms with Crippen molar-refractivity contribution in [3.63, 3.8) is 0 Å². The van der Waals surface area contributed by atoms with Crippen LogP contribution >= 0.6 is 0 Å². The fourth-order valence-corrected chi connectivity index (χ4v) is 2.84. The van der Waals surface area contributed by atoms with Crippen molar-refractivity contribution in [3.05, 3.63) is 64.7 Å². The van der Waals surface area contributed by atoms with Gasteiger partial charge in [-0.05, 0) is 0 Å². The van der Waals surface area contributed by atoms with Gasteiger partial charge in [0, 0.05) is 0 Å². The molecule has 0 aliphatic carbocycles. The van der Waals surface area contributed by atoms with Crippen LogP contribution in [0.5, 0.6) is 0 Å². The standard InChI is InChI=1S/C20H8F11NO2.Cu/c21-17(22,20(29,30)31)16(34)14(8-32)15(33)10-3-1-9(2-4-10)11-5-12(18(23,24)25)7-13(6-11)19(26,27)28;/h1-7,33H;/q;+1/p-1/b15-14-;. The molecule has 0 heterocycles. The SMILES string of the molecule is N#C/C(C(=O)C(F)(F)C(F)(F)F)=C(/[O][Cu])c1ccc(-c2cc(C(F)(F)F)cc(C(F)(F)F)c2)cc1. The van der Waals surface area contributed by atoms with E-state index in [0.29, 0.717) is 12.1 Å². The number of benzene rings is 2. The number of alkyl halides is 11. The topological polar surface area (TPSA) is 50.1 Å². The number of ketones is 1. The normalized spacial score (nSPS) is 13.7. The zero-order valence-corrected chi connectivity index (χ0v) is 17.2. The minimum atomic E-state index is -6.36. The molecule has 0 saturated heterocycles. The van der Waals surface area contributed by atoms with E-state index in [4.69, 9.17) is 5.26 Å². The summed E-state index contributed by atoms with van der Waals surface area (Å²) in [7, 11) is 0. The third-order valence-electron chi connectivity index (χ3n) is 4.34. The fraction of sp³-hybridized carbons (Fsp3) is 0.200. The van der Waals surface area contributed by atoms with Crippen LogP contribution in [0.3, 0.4) is 0 Å². The summed E-state index contributed by atoms with van der Waals surface area (Å²) in [6, 6.07) is 4.73. The van der Waals surface area contributed by atoms with Crippen molar-refractivity contribution in [2.45, 2.75) is 24.5 Å². The number of nitrogens with zero attached hydrogens (tertiary/aromatic N) is 1. The summed E-state index contributed by atoms with van der Waals surface area (Å²) in [5.74, 6) is -10.2. The predicted molar refractivity (Wildman–Crippen MR) is 91.5 cm³/mol. The zero-order chi connectivity index (χ0) is 27.0. The first-order chi connectivity index (χ1) is 15.8. The van der Waals surface area contributed by atoms with Crippen LogP contribution in [0.15, 0.2) is 48.0 Å². The van der Waals surface area contributed by atoms with Crippen molar-refractivity contribution in [3.8, 4) is 17.2 Å². The van der Waals surface area contributed by atoms with Crippen LogP contribution in [0.1, 0.15) is 16.7 Å². The number of halogens is 11. The second kappa shape index (κ2) is 9.50. The van der Waals surface area contributed by atoms with E-state index in [1.165, 1.54) is 0 Å². The van der Waals surface area contributed by atoms with Crippen LogP contribution in [-0.2, 0) is 37.3 Å². The van der Waals surface area contributed by atoms with Crippen molar-refractivity contribution in [2.24, 2.45) is 0 Å². The van der Waals surface area contributed by atoms with Crippen molar-refractivity contribution >= 4 is 11.5 Å². The van der Waals surface area contributed by atoms with E-state index in [1.807, 2.05) is 0 Å². The molecule has 0 unspecified atom stereocenters. The molecule has 0 aliphatic heterocycles. The first kappa shape index (κ1) is 28.1. The first-order valence-electron chi connectivity index (χ1n) is 8.64. The Morgan fingerprint density at radius 3 is 1.57 bits per heavy atom. The van der Waals surface area contributed by atoms with Gasteiger partial charge in [-0.3, -0.25) is 0 Å². The van der Waals surface area contributed by atoms with E-state index >= 15 is 0 Å². The van der Waals surface area contributed by atoms with E-state index in [9.17, 15) is 53.1 Å². The maximum absolute atomic E-state index is 13.4. The van der Waals surface area contributed by atoms with Crippen LogP contribution in [0, 0.1) is 11.3 Å². The van der Waals surface area contributed by atoms with Crippen molar-refractivity contribution in [1.29, 1.82) is 5.26 Å². The molecule has 0 radical (unpaired) electrons. The Bertz CT molecular complexity index is 1160. The van der Waals surface area contributed by atoms with Gasteiger partial charge in [-0.1, -0.05) is 0 Å². The van der Waals surface area contributed by atoms with Crippen LogP contribution in [0.25, 0.3) is 16.9 Å². The molecule has 0 atom stereocenters. The number of carbonyl (C=O) groups excluding carboxylic acids is 1. The molecule has 2 rings (SSSR count). The molecule has 192 valence electrons. The molecule has 0 saturated carbocycles. The van der Waals surface area contributed by atoms with Crippen LogP contribution < -0.4 is 0 Å². The maximum atomic E-state index is 13.4. The number of nitriles is 1. The van der Waals surface area contributed by atoms with Crippen LogP contribution in [0.4, 0.5) is 48.3 Å². The molecule has 2 aromatic rings. The summed E-state index contributed by atoms with van der Waals surface area (Å²) >= 11 is 4.31. The van der Waals surface area contributed by atoms with Gasteiger partial charge in [-0.15, -0.1) is 0 Å². The van der Waals surface area contributed by atoms with E-state index in [0.717, 1.165) is 30.3 Å². The van der Waals surface area contributed by atoms with Gasteiger partial charge in [0.2, 0.25) is 0 Å². The Morgan fingerprint density at radius 1 is 0.771 bits per heavy atom. The third-order valence-corrected chi connectivity index (χ3v) is 4.53. The Kier molecular flexibility index (Phi) is 7.64. The predicted octanol–water partition coefficient (Wildman–Crippen LogP) is 6.87. The minimum absolute atomic E-state index is 0.116. The van der Waals surface area contributed by atoms with Gasteiger partial charge in [-0.25, -0.2) is 0 Å². The molecule has 15 heteroatoms. The Hall–Kier alpha value is -3.11. The van der Waals surface area contributed by atoms with E-state index in [2.05, 4.69) is 20.2 Å². The van der Waals surface area contributed by atoms with Gasteiger partial charge in [0.15, 0.2) is 0 Å². The van der Waals surface area contributed by atoms with E-state index in [-0.39, 0.29) is 11.6 Å². The Morgan fingerprint density at radius 2 is 1.23 bits per heavy atom. The quantitative estimate of drug-likeness (QED) is 0.131. The molecule has 0 bridgehead atoms. The third kappa shape index (κ3) is 5.94. The molecular formula is C20H7CuF11NO2. The average Bonchev–Trinajstić information content (AvgIpc) is 2.74. The Labute approximate surface area is 196 Å². The molecule has 0 aliphatic rings. The molecular weight excluding hydrogens is 559 g/mol. The molecule has 0 spiro atoms. The summed E-state index contributed by atoms with van der Waals surface area (Å²) in [5.41, 5.74) is -6.48. The van der Waals surface area contributed by atoms with Gasteiger partial charge in [0.1, 0.15) is 0 Å². The second-order valence-corrected chi connectivity index (χ2v) is 6.84. The first-order valence-corrected chi connectivity index (χ1v) is 9.02. The van der Waals surface area contributed by atoms with Crippen molar-refractivity contribution in [2.75, 3.05) is 0 Å². The molecule has 0 fully saturated rings.